The Kier molecular flexibility index (Phi) is 3.74. The van der Waals surface area contributed by atoms with Gasteiger partial charge in [-0.2, -0.15) is 0 Å². The van der Waals surface area contributed by atoms with Gasteiger partial charge in [-0.15, -0.1) is 0 Å². The Morgan fingerprint density at radius 2 is 2.17 bits per heavy atom. The van der Waals surface area contributed by atoms with E-state index < -0.39 is 0 Å². The predicted molar refractivity (Wildman–Crippen MR) is 90.7 cm³/mol. The monoisotopic (exact) mass is 311 g/mol. The Morgan fingerprint density at radius 3 is 2.96 bits per heavy atom. The molecule has 0 spiro atoms. The lowest BCUT2D eigenvalue weighted by Crippen LogP contribution is -2.50. The molecule has 3 aliphatic rings. The minimum atomic E-state index is 0.00190. The highest BCUT2D eigenvalue weighted by molar-refractivity contribution is 5.86. The number of methoxy groups -OCH3 is 1. The van der Waals surface area contributed by atoms with Gasteiger partial charge in [-0.1, -0.05) is 6.92 Å². The number of aryl methyl sites for hydroxylation is 1. The van der Waals surface area contributed by atoms with E-state index >= 15 is 0 Å². The smallest absolute Gasteiger partial charge is 0.139 e. The Hall–Kier alpha value is -1.31. The molecule has 0 saturated heterocycles. The molecule has 2 saturated carbocycles. The molecule has 1 aromatic rings. The average Bonchev–Trinajstić information content (AvgIpc) is 2.61. The van der Waals surface area contributed by atoms with Crippen LogP contribution in [0.1, 0.15) is 68.9 Å². The van der Waals surface area contributed by atoms with E-state index in [-0.39, 0.29) is 5.41 Å². The van der Waals surface area contributed by atoms with E-state index in [1.807, 2.05) is 0 Å². The normalized spacial score (nSPS) is 35.9. The number of ketones is 1. The van der Waals surface area contributed by atoms with Crippen molar-refractivity contribution in [1.29, 1.82) is 0 Å². The number of carbonyl (C=O) groups is 1. The van der Waals surface area contributed by atoms with Crippen LogP contribution in [0.25, 0.3) is 0 Å². The standard InChI is InChI=1S/C21H27O2/c1-3-21-12-11-16-17(19(21)5-4-6-20(21)22)10-8-14-7-9-15(23-2)13-18(14)16/h7,13,16-17,19H,3-6,8,10-12H2,1-2H3/t16-,17+,19-,21-/m0/s1. The molecule has 0 aliphatic heterocycles. The number of ether oxygens (including phenoxy) is 1. The van der Waals surface area contributed by atoms with Crippen molar-refractivity contribution in [3.8, 4) is 5.75 Å². The SMILES string of the molecule is CC[C@]12CC[C@@H]3c4cc(OC)[c]cc4CC[C@H]3[C@@H]1CCCC2=O. The Morgan fingerprint density at radius 1 is 1.30 bits per heavy atom. The van der Waals surface area contributed by atoms with Gasteiger partial charge in [-0.25, -0.2) is 0 Å². The first-order valence-corrected chi connectivity index (χ1v) is 9.31. The summed E-state index contributed by atoms with van der Waals surface area (Å²) in [6, 6.07) is 7.60. The molecule has 4 atom stereocenters. The zero-order valence-corrected chi connectivity index (χ0v) is 14.4. The number of Topliss-reactive ketones (excluding diaryl/α,β-unsaturated/α-hetero) is 1. The fraction of sp³-hybridized carbons (Fsp3) is 0.667. The molecule has 123 valence electrons. The quantitative estimate of drug-likeness (QED) is 0.791. The first kappa shape index (κ1) is 15.2. The van der Waals surface area contributed by atoms with E-state index in [0.29, 0.717) is 23.5 Å². The van der Waals surface area contributed by atoms with Gasteiger partial charge in [0.25, 0.3) is 0 Å². The van der Waals surface area contributed by atoms with Gasteiger partial charge in [-0.3, -0.25) is 4.79 Å². The van der Waals surface area contributed by atoms with Crippen molar-refractivity contribution in [3.05, 3.63) is 29.3 Å². The maximum atomic E-state index is 12.8. The van der Waals surface area contributed by atoms with Gasteiger partial charge in [0, 0.05) is 17.9 Å². The van der Waals surface area contributed by atoms with Crippen LogP contribution in [-0.2, 0) is 11.2 Å². The Balaban J connectivity index is 1.72. The molecular weight excluding hydrogens is 284 g/mol. The van der Waals surface area contributed by atoms with Gasteiger partial charge in [0.15, 0.2) is 0 Å². The molecule has 0 aromatic heterocycles. The summed E-state index contributed by atoms with van der Waals surface area (Å²) in [7, 11) is 1.72. The molecular formula is C21H27O2. The molecule has 4 rings (SSSR count). The Labute approximate surface area is 139 Å². The van der Waals surface area contributed by atoms with Crippen molar-refractivity contribution >= 4 is 5.78 Å². The summed E-state index contributed by atoms with van der Waals surface area (Å²) < 4.78 is 5.42. The van der Waals surface area contributed by atoms with Crippen LogP contribution in [-0.4, -0.2) is 12.9 Å². The van der Waals surface area contributed by atoms with Gasteiger partial charge in [0.1, 0.15) is 11.5 Å². The molecule has 2 nitrogen and oxygen atoms in total. The van der Waals surface area contributed by atoms with E-state index in [2.05, 4.69) is 25.1 Å². The van der Waals surface area contributed by atoms with Crippen molar-refractivity contribution < 1.29 is 9.53 Å². The minimum Gasteiger partial charge on any atom is -0.496 e. The van der Waals surface area contributed by atoms with Crippen LogP contribution in [0.5, 0.6) is 5.75 Å². The van der Waals surface area contributed by atoms with Gasteiger partial charge >= 0.3 is 0 Å². The number of rotatable bonds is 2. The summed E-state index contributed by atoms with van der Waals surface area (Å²) in [6.07, 6.45) is 8.87. The topological polar surface area (TPSA) is 26.3 Å². The van der Waals surface area contributed by atoms with Crippen molar-refractivity contribution in [2.24, 2.45) is 17.3 Å². The van der Waals surface area contributed by atoms with Gasteiger partial charge in [-0.05, 0) is 86.0 Å². The third kappa shape index (κ3) is 2.17. The zero-order chi connectivity index (χ0) is 16.0. The summed E-state index contributed by atoms with van der Waals surface area (Å²) in [6.45, 7) is 2.24. The highest BCUT2D eigenvalue weighted by Gasteiger charge is 2.54. The van der Waals surface area contributed by atoms with Crippen LogP contribution in [0.3, 0.4) is 0 Å². The van der Waals surface area contributed by atoms with Crippen LogP contribution >= 0.6 is 0 Å². The van der Waals surface area contributed by atoms with E-state index in [1.165, 1.54) is 30.4 Å². The maximum Gasteiger partial charge on any atom is 0.139 e. The number of carbonyl (C=O) groups excluding carboxylic acids is 1. The molecule has 1 aromatic carbocycles. The molecule has 0 amide bonds. The van der Waals surface area contributed by atoms with Crippen molar-refractivity contribution in [2.75, 3.05) is 7.11 Å². The highest BCUT2D eigenvalue weighted by Crippen LogP contribution is 2.59. The van der Waals surface area contributed by atoms with Gasteiger partial charge < -0.3 is 4.74 Å². The van der Waals surface area contributed by atoms with Gasteiger partial charge in [0.2, 0.25) is 0 Å². The van der Waals surface area contributed by atoms with Crippen LogP contribution in [0.15, 0.2) is 12.1 Å². The van der Waals surface area contributed by atoms with Crippen molar-refractivity contribution in [1.82, 2.24) is 0 Å². The van der Waals surface area contributed by atoms with Crippen molar-refractivity contribution in [3.63, 3.8) is 0 Å². The fourth-order valence-corrected chi connectivity index (χ4v) is 6.01. The molecule has 0 heterocycles. The van der Waals surface area contributed by atoms with Crippen LogP contribution < -0.4 is 4.74 Å². The molecule has 0 bridgehead atoms. The summed E-state index contributed by atoms with van der Waals surface area (Å²) >= 11 is 0. The maximum absolute atomic E-state index is 12.8. The first-order valence-electron chi connectivity index (χ1n) is 9.31. The molecule has 0 N–H and O–H groups in total. The van der Waals surface area contributed by atoms with Crippen LogP contribution in [0.2, 0.25) is 0 Å². The third-order valence-corrected chi connectivity index (χ3v) is 7.16. The number of fused-ring (bicyclic) bond motifs is 5. The summed E-state index contributed by atoms with van der Waals surface area (Å²) in [5, 5.41) is 0. The minimum absolute atomic E-state index is 0.00190. The molecule has 3 aliphatic carbocycles. The lowest BCUT2D eigenvalue weighted by molar-refractivity contribution is -0.142. The van der Waals surface area contributed by atoms with Crippen LogP contribution in [0.4, 0.5) is 0 Å². The second-order valence-corrected chi connectivity index (χ2v) is 7.76. The molecule has 23 heavy (non-hydrogen) atoms. The summed E-state index contributed by atoms with van der Waals surface area (Å²) in [5.41, 5.74) is 2.94. The van der Waals surface area contributed by atoms with E-state index in [9.17, 15) is 4.79 Å². The Bertz CT molecular complexity index is 620. The number of hydrogen-bond acceptors (Lipinski definition) is 2. The molecule has 2 fully saturated rings. The zero-order valence-electron chi connectivity index (χ0n) is 14.4. The van der Waals surface area contributed by atoms with E-state index in [0.717, 1.165) is 37.9 Å². The lowest BCUT2D eigenvalue weighted by Gasteiger charge is -2.54. The molecule has 1 radical (unpaired) electrons. The number of hydrogen-bond donors (Lipinski definition) is 0. The molecule has 0 unspecified atom stereocenters. The second kappa shape index (κ2) is 5.65. The largest absolute Gasteiger partial charge is 0.496 e. The third-order valence-electron chi connectivity index (χ3n) is 7.16. The number of benzene rings is 1. The van der Waals surface area contributed by atoms with E-state index in [4.69, 9.17) is 4.74 Å². The van der Waals surface area contributed by atoms with Gasteiger partial charge in [0.05, 0.1) is 7.11 Å². The average molecular weight is 311 g/mol. The van der Waals surface area contributed by atoms with Crippen LogP contribution in [0, 0.1) is 23.3 Å². The van der Waals surface area contributed by atoms with E-state index in [1.54, 1.807) is 7.11 Å². The summed E-state index contributed by atoms with van der Waals surface area (Å²) in [5.74, 6) is 3.34. The predicted octanol–water partition coefficient (Wildman–Crippen LogP) is 4.70. The highest BCUT2D eigenvalue weighted by atomic mass is 16.5. The summed E-state index contributed by atoms with van der Waals surface area (Å²) in [4.78, 5) is 12.8. The second-order valence-electron chi connectivity index (χ2n) is 7.76. The lowest BCUT2D eigenvalue weighted by atomic mass is 9.49. The molecule has 2 heteroatoms. The first-order chi connectivity index (χ1) is 11.2. The van der Waals surface area contributed by atoms with Crippen molar-refractivity contribution in [2.45, 2.75) is 64.2 Å². The fourth-order valence-electron chi connectivity index (χ4n) is 6.01.